The molecule has 10 aromatic rings. The van der Waals surface area contributed by atoms with Crippen LogP contribution in [-0.2, 0) is 5.41 Å². The van der Waals surface area contributed by atoms with Crippen LogP contribution in [0.1, 0.15) is 25.0 Å². The number of rotatable bonds is 4. The Labute approximate surface area is 305 Å². The van der Waals surface area contributed by atoms with Crippen LogP contribution in [0.15, 0.2) is 168 Å². The molecular weight excluding hydrogens is 651 g/mol. The van der Waals surface area contributed by atoms with Crippen molar-refractivity contribution in [3.63, 3.8) is 0 Å². The van der Waals surface area contributed by atoms with Crippen molar-refractivity contribution in [1.82, 2.24) is 0 Å². The molecule has 3 heteroatoms. The van der Waals surface area contributed by atoms with Gasteiger partial charge in [-0.15, -0.1) is 11.3 Å². The van der Waals surface area contributed by atoms with Gasteiger partial charge >= 0.3 is 0 Å². The van der Waals surface area contributed by atoms with Crippen molar-refractivity contribution in [2.24, 2.45) is 0 Å². The summed E-state index contributed by atoms with van der Waals surface area (Å²) in [5.41, 5.74) is 13.2. The quantitative estimate of drug-likeness (QED) is 0.184. The molecule has 8 aromatic carbocycles. The van der Waals surface area contributed by atoms with Crippen LogP contribution in [0.5, 0.6) is 0 Å². The molecule has 0 N–H and O–H groups in total. The first kappa shape index (κ1) is 29.6. The maximum absolute atomic E-state index is 6.73. The fraction of sp³-hybridized carbons (Fsp3) is 0.0612. The lowest BCUT2D eigenvalue weighted by Gasteiger charge is -2.27. The lowest BCUT2D eigenvalue weighted by atomic mass is 9.79. The van der Waals surface area contributed by atoms with Crippen LogP contribution < -0.4 is 4.90 Å². The normalized spacial score (nSPS) is 13.3. The van der Waals surface area contributed by atoms with Gasteiger partial charge in [0, 0.05) is 53.4 Å². The Kier molecular flexibility index (Phi) is 6.21. The van der Waals surface area contributed by atoms with Crippen LogP contribution in [0, 0.1) is 0 Å². The van der Waals surface area contributed by atoms with Crippen LogP contribution in [-0.4, -0.2) is 0 Å². The minimum atomic E-state index is -0.0751. The Morgan fingerprint density at radius 2 is 1.21 bits per heavy atom. The molecule has 0 aliphatic heterocycles. The summed E-state index contributed by atoms with van der Waals surface area (Å²) in [6.45, 7) is 4.72. The van der Waals surface area contributed by atoms with Crippen LogP contribution in [0.25, 0.3) is 75.1 Å². The summed E-state index contributed by atoms with van der Waals surface area (Å²) in [6, 6.07) is 59.7. The third-order valence-corrected chi connectivity index (χ3v) is 12.4. The van der Waals surface area contributed by atoms with E-state index in [-0.39, 0.29) is 5.41 Å². The fourth-order valence-electron chi connectivity index (χ4n) is 8.89. The van der Waals surface area contributed by atoms with E-state index in [1.807, 2.05) is 11.3 Å². The molecule has 52 heavy (non-hydrogen) atoms. The molecule has 1 aliphatic carbocycles. The van der Waals surface area contributed by atoms with Crippen molar-refractivity contribution in [2.45, 2.75) is 19.3 Å². The van der Waals surface area contributed by atoms with Gasteiger partial charge in [-0.05, 0) is 105 Å². The van der Waals surface area contributed by atoms with Crippen molar-refractivity contribution in [2.75, 3.05) is 4.90 Å². The van der Waals surface area contributed by atoms with E-state index in [0.29, 0.717) is 0 Å². The molecular formula is C49H33NOS. The zero-order chi connectivity index (χ0) is 34.6. The first-order valence-electron chi connectivity index (χ1n) is 17.9. The predicted octanol–water partition coefficient (Wildman–Crippen LogP) is 14.6. The van der Waals surface area contributed by atoms with E-state index in [1.165, 1.54) is 75.1 Å². The van der Waals surface area contributed by atoms with Crippen molar-refractivity contribution < 1.29 is 4.42 Å². The average Bonchev–Trinajstić information content (AvgIpc) is 3.83. The van der Waals surface area contributed by atoms with Gasteiger partial charge in [-0.3, -0.25) is 0 Å². The number of fused-ring (bicyclic) bond motifs is 12. The van der Waals surface area contributed by atoms with Gasteiger partial charge in [0.25, 0.3) is 0 Å². The molecule has 2 aromatic heterocycles. The van der Waals surface area contributed by atoms with Crippen LogP contribution in [0.3, 0.4) is 0 Å². The topological polar surface area (TPSA) is 16.4 Å². The summed E-state index contributed by atoms with van der Waals surface area (Å²) in [6.07, 6.45) is 0. The van der Waals surface area contributed by atoms with Gasteiger partial charge in [-0.1, -0.05) is 117 Å². The zero-order valence-corrected chi connectivity index (χ0v) is 29.7. The summed E-state index contributed by atoms with van der Waals surface area (Å²) < 4.78 is 9.21. The molecule has 246 valence electrons. The number of furan rings is 1. The number of nitrogens with zero attached hydrogens (tertiary/aromatic N) is 1. The van der Waals surface area contributed by atoms with Crippen molar-refractivity contribution in [3.05, 3.63) is 175 Å². The predicted molar refractivity (Wildman–Crippen MR) is 222 cm³/mol. The summed E-state index contributed by atoms with van der Waals surface area (Å²) >= 11 is 1.83. The minimum absolute atomic E-state index is 0.0751. The van der Waals surface area contributed by atoms with Gasteiger partial charge in [-0.2, -0.15) is 0 Å². The van der Waals surface area contributed by atoms with Gasteiger partial charge in [0.1, 0.15) is 11.2 Å². The second-order valence-electron chi connectivity index (χ2n) is 14.5. The van der Waals surface area contributed by atoms with Gasteiger partial charge < -0.3 is 9.32 Å². The summed E-state index contributed by atoms with van der Waals surface area (Å²) in [5.74, 6) is 0. The third kappa shape index (κ3) is 4.17. The van der Waals surface area contributed by atoms with Crippen molar-refractivity contribution in [1.29, 1.82) is 0 Å². The number of anilines is 3. The molecule has 0 bridgehead atoms. The standard InChI is InChI=1S/C49H33NOS/c1-49(2)41-18-9-8-15-37(41)38-17-10-16-36(47(38)49)31-19-22-33(23-20-31)50(32-12-4-3-5-13-32)34-24-27-43-40(29-34)46-44(52-43)28-25-39-45-35-14-7-6-11-30(35)21-26-42(45)51-48(39)46/h3-29H,1-2H3. The Morgan fingerprint density at radius 3 is 2.10 bits per heavy atom. The molecule has 2 heterocycles. The SMILES string of the molecule is CC1(C)c2ccccc2-c2cccc(-c3ccc(N(c4ccccc4)c4ccc5sc6ccc7c(oc8ccc9ccccc9c87)c6c5c4)cc3)c21. The molecule has 11 rings (SSSR count). The smallest absolute Gasteiger partial charge is 0.144 e. The molecule has 0 saturated heterocycles. The second kappa shape index (κ2) is 10.9. The van der Waals surface area contributed by atoms with Crippen molar-refractivity contribution >= 4 is 81.3 Å². The summed E-state index contributed by atoms with van der Waals surface area (Å²) in [5, 5.41) is 7.21. The van der Waals surface area contributed by atoms with E-state index in [9.17, 15) is 0 Å². The van der Waals surface area contributed by atoms with Gasteiger partial charge in [0.15, 0.2) is 0 Å². The van der Waals surface area contributed by atoms with E-state index in [1.54, 1.807) is 0 Å². The molecule has 0 unspecified atom stereocenters. The minimum Gasteiger partial charge on any atom is -0.455 e. The number of para-hydroxylation sites is 1. The largest absolute Gasteiger partial charge is 0.455 e. The van der Waals surface area contributed by atoms with E-state index >= 15 is 0 Å². The van der Waals surface area contributed by atoms with E-state index in [2.05, 4.69) is 183 Å². The van der Waals surface area contributed by atoms with Gasteiger partial charge in [-0.25, -0.2) is 0 Å². The van der Waals surface area contributed by atoms with Crippen molar-refractivity contribution in [3.8, 4) is 22.3 Å². The Hall–Kier alpha value is -6.16. The highest BCUT2D eigenvalue weighted by molar-refractivity contribution is 7.26. The van der Waals surface area contributed by atoms with E-state index in [0.717, 1.165) is 28.2 Å². The zero-order valence-electron chi connectivity index (χ0n) is 28.9. The molecule has 2 nitrogen and oxygen atoms in total. The molecule has 0 fully saturated rings. The highest BCUT2D eigenvalue weighted by atomic mass is 32.1. The second-order valence-corrected chi connectivity index (χ2v) is 15.6. The molecule has 0 radical (unpaired) electrons. The molecule has 0 spiro atoms. The highest BCUT2D eigenvalue weighted by Gasteiger charge is 2.37. The molecule has 1 aliphatic rings. The molecule has 0 saturated carbocycles. The fourth-order valence-corrected chi connectivity index (χ4v) is 9.98. The summed E-state index contributed by atoms with van der Waals surface area (Å²) in [4.78, 5) is 2.37. The van der Waals surface area contributed by atoms with Gasteiger partial charge in [0.2, 0.25) is 0 Å². The maximum Gasteiger partial charge on any atom is 0.144 e. The summed E-state index contributed by atoms with van der Waals surface area (Å²) in [7, 11) is 0. The first-order chi connectivity index (χ1) is 25.5. The number of thiophene rings is 1. The number of hydrogen-bond acceptors (Lipinski definition) is 3. The molecule has 0 atom stereocenters. The lowest BCUT2D eigenvalue weighted by molar-refractivity contribution is 0.662. The van der Waals surface area contributed by atoms with Gasteiger partial charge in [0.05, 0.1) is 0 Å². The van der Waals surface area contributed by atoms with Crippen LogP contribution in [0.4, 0.5) is 17.1 Å². The Morgan fingerprint density at radius 1 is 0.500 bits per heavy atom. The monoisotopic (exact) mass is 683 g/mol. The molecule has 0 amide bonds. The third-order valence-electron chi connectivity index (χ3n) is 11.2. The van der Waals surface area contributed by atoms with Crippen LogP contribution in [0.2, 0.25) is 0 Å². The number of hydrogen-bond donors (Lipinski definition) is 0. The Bertz CT molecular complexity index is 3040. The highest BCUT2D eigenvalue weighted by Crippen LogP contribution is 2.52. The maximum atomic E-state index is 6.73. The van der Waals surface area contributed by atoms with E-state index in [4.69, 9.17) is 4.42 Å². The first-order valence-corrected chi connectivity index (χ1v) is 18.7. The lowest BCUT2D eigenvalue weighted by Crippen LogP contribution is -2.16. The number of benzene rings is 8. The average molecular weight is 684 g/mol. The van der Waals surface area contributed by atoms with Crippen LogP contribution >= 0.6 is 11.3 Å². The van der Waals surface area contributed by atoms with E-state index < -0.39 is 0 Å². The Balaban J connectivity index is 1.07.